The van der Waals surface area contributed by atoms with Gasteiger partial charge in [-0.2, -0.15) is 0 Å². The first-order chi connectivity index (χ1) is 13.7. The van der Waals surface area contributed by atoms with Crippen LogP contribution in [0.3, 0.4) is 0 Å². The third kappa shape index (κ3) is 10.5. The molecule has 0 radical (unpaired) electrons. The van der Waals surface area contributed by atoms with E-state index < -0.39 is 17.8 Å². The number of methoxy groups -OCH3 is 1. The molecule has 12 heteroatoms. The Bertz CT molecular complexity index is 740. The SMILES string of the molecule is COCCOC(=O)CCC(=O)NC(=S)NNC(=O)COc1c(C)cc(Br)cc1Br. The third-order valence-electron chi connectivity index (χ3n) is 3.22. The number of hydrogen-bond donors (Lipinski definition) is 3. The molecule has 0 bridgehead atoms. The standard InChI is InChI=1S/C17H21Br2N3O6S/c1-10-7-11(18)8-12(19)16(10)28-9-14(24)21-22-17(29)20-13(23)3-4-15(25)27-6-5-26-2/h7-8H,3-6,9H2,1-2H3,(H,21,24)(H2,20,22,23,29). The number of ether oxygens (including phenoxy) is 3. The number of carbonyl (C=O) groups excluding carboxylic acids is 3. The van der Waals surface area contributed by atoms with Crippen LogP contribution in [-0.4, -0.2) is 49.8 Å². The molecule has 0 heterocycles. The molecule has 9 nitrogen and oxygen atoms in total. The van der Waals surface area contributed by atoms with Crippen LogP contribution in [-0.2, 0) is 23.9 Å². The van der Waals surface area contributed by atoms with E-state index in [2.05, 4.69) is 48.0 Å². The molecule has 0 aliphatic heterocycles. The van der Waals surface area contributed by atoms with Gasteiger partial charge in [-0.3, -0.25) is 25.2 Å². The van der Waals surface area contributed by atoms with Gasteiger partial charge in [-0.25, -0.2) is 0 Å². The summed E-state index contributed by atoms with van der Waals surface area (Å²) in [5, 5.41) is 2.22. The number of benzene rings is 1. The lowest BCUT2D eigenvalue weighted by molar-refractivity contribution is -0.146. The topological polar surface area (TPSA) is 115 Å². The third-order valence-corrected chi connectivity index (χ3v) is 4.47. The van der Waals surface area contributed by atoms with Crippen molar-refractivity contribution in [3.05, 3.63) is 26.6 Å². The molecule has 0 aromatic heterocycles. The highest BCUT2D eigenvalue weighted by atomic mass is 79.9. The smallest absolute Gasteiger partial charge is 0.306 e. The molecule has 2 amide bonds. The van der Waals surface area contributed by atoms with Gasteiger partial charge in [0.25, 0.3) is 5.91 Å². The van der Waals surface area contributed by atoms with Crippen molar-refractivity contribution >= 4 is 67.0 Å². The van der Waals surface area contributed by atoms with Gasteiger partial charge >= 0.3 is 5.97 Å². The highest BCUT2D eigenvalue weighted by Crippen LogP contribution is 2.32. The maximum Gasteiger partial charge on any atom is 0.306 e. The van der Waals surface area contributed by atoms with E-state index >= 15 is 0 Å². The van der Waals surface area contributed by atoms with E-state index in [1.165, 1.54) is 7.11 Å². The number of amides is 2. The predicted octanol–water partition coefficient (Wildman–Crippen LogP) is 1.89. The number of carbonyl (C=O) groups is 3. The summed E-state index contributed by atoms with van der Waals surface area (Å²) in [6.07, 6.45) is -0.207. The van der Waals surface area contributed by atoms with Crippen LogP contribution in [0.4, 0.5) is 0 Å². The van der Waals surface area contributed by atoms with Gasteiger partial charge in [0.05, 0.1) is 17.5 Å². The van der Waals surface area contributed by atoms with E-state index in [-0.39, 0.29) is 37.8 Å². The lowest BCUT2D eigenvalue weighted by Crippen LogP contribution is -2.49. The monoisotopic (exact) mass is 553 g/mol. The minimum Gasteiger partial charge on any atom is -0.482 e. The van der Waals surface area contributed by atoms with Crippen LogP contribution in [0.5, 0.6) is 5.75 Å². The molecule has 0 fully saturated rings. The molecular weight excluding hydrogens is 534 g/mol. The fourth-order valence-corrected chi connectivity index (χ4v) is 3.64. The second kappa shape index (κ2) is 13.5. The molecule has 1 aromatic carbocycles. The van der Waals surface area contributed by atoms with Crippen molar-refractivity contribution in [2.24, 2.45) is 0 Å². The van der Waals surface area contributed by atoms with Crippen LogP contribution < -0.4 is 20.9 Å². The molecule has 29 heavy (non-hydrogen) atoms. The number of rotatable bonds is 9. The number of nitrogens with one attached hydrogen (secondary N) is 3. The van der Waals surface area contributed by atoms with E-state index in [1.54, 1.807) is 6.07 Å². The quantitative estimate of drug-likeness (QED) is 0.183. The predicted molar refractivity (Wildman–Crippen MR) is 116 cm³/mol. The maximum atomic E-state index is 11.9. The summed E-state index contributed by atoms with van der Waals surface area (Å²) in [7, 11) is 1.49. The van der Waals surface area contributed by atoms with Crippen molar-refractivity contribution < 1.29 is 28.6 Å². The highest BCUT2D eigenvalue weighted by Gasteiger charge is 2.12. The van der Waals surface area contributed by atoms with E-state index in [0.29, 0.717) is 10.2 Å². The Labute approximate surface area is 190 Å². The molecule has 160 valence electrons. The van der Waals surface area contributed by atoms with Gasteiger partial charge in [-0.15, -0.1) is 0 Å². The van der Waals surface area contributed by atoms with Gasteiger partial charge in [0, 0.05) is 18.0 Å². The Hall–Kier alpha value is -1.76. The average molecular weight is 555 g/mol. The Morgan fingerprint density at radius 3 is 2.45 bits per heavy atom. The number of thiocarbonyl (C=S) groups is 1. The second-order valence-electron chi connectivity index (χ2n) is 5.59. The average Bonchev–Trinajstić information content (AvgIpc) is 2.64. The van der Waals surface area contributed by atoms with E-state index in [9.17, 15) is 14.4 Å². The second-order valence-corrected chi connectivity index (χ2v) is 7.76. The van der Waals surface area contributed by atoms with Gasteiger partial charge in [0.15, 0.2) is 11.7 Å². The number of hydrazine groups is 1. The molecular formula is C17H21Br2N3O6S. The normalized spacial score (nSPS) is 10.1. The summed E-state index contributed by atoms with van der Waals surface area (Å²) < 4.78 is 16.7. The Morgan fingerprint density at radius 1 is 1.07 bits per heavy atom. The molecule has 1 rings (SSSR count). The molecule has 0 saturated carbocycles. The van der Waals surface area contributed by atoms with Crippen LogP contribution in [0, 0.1) is 6.92 Å². The molecule has 0 spiro atoms. The van der Waals surface area contributed by atoms with Crippen molar-refractivity contribution in [1.29, 1.82) is 0 Å². The first-order valence-electron chi connectivity index (χ1n) is 8.34. The van der Waals surface area contributed by atoms with Gasteiger partial charge in [0.1, 0.15) is 12.4 Å². The van der Waals surface area contributed by atoms with Crippen LogP contribution in [0.1, 0.15) is 18.4 Å². The lowest BCUT2D eigenvalue weighted by atomic mass is 10.2. The van der Waals surface area contributed by atoms with Crippen LogP contribution in [0.2, 0.25) is 0 Å². The number of esters is 1. The summed E-state index contributed by atoms with van der Waals surface area (Å²) in [5.41, 5.74) is 5.54. The minimum absolute atomic E-state index is 0.0974. The van der Waals surface area contributed by atoms with E-state index in [0.717, 1.165) is 10.0 Å². The molecule has 0 unspecified atom stereocenters. The zero-order valence-corrected chi connectivity index (χ0v) is 19.8. The molecule has 0 aliphatic carbocycles. The maximum absolute atomic E-state index is 11.9. The zero-order valence-electron chi connectivity index (χ0n) is 15.8. The fourth-order valence-electron chi connectivity index (χ4n) is 1.92. The summed E-state index contributed by atoms with van der Waals surface area (Å²) in [6.45, 7) is 1.99. The van der Waals surface area contributed by atoms with Crippen molar-refractivity contribution in [1.82, 2.24) is 16.2 Å². The summed E-state index contributed by atoms with van der Waals surface area (Å²) in [5.74, 6) is -0.976. The largest absolute Gasteiger partial charge is 0.482 e. The Balaban J connectivity index is 2.27. The number of halogens is 2. The highest BCUT2D eigenvalue weighted by molar-refractivity contribution is 9.11. The van der Waals surface area contributed by atoms with Crippen molar-refractivity contribution in [2.45, 2.75) is 19.8 Å². The number of aryl methyl sites for hydroxylation is 1. The summed E-state index contributed by atoms with van der Waals surface area (Å²) in [4.78, 5) is 35.0. The summed E-state index contributed by atoms with van der Waals surface area (Å²) in [6, 6.07) is 3.66. The fraction of sp³-hybridized carbons (Fsp3) is 0.412. The van der Waals surface area contributed by atoms with E-state index in [1.807, 2.05) is 13.0 Å². The van der Waals surface area contributed by atoms with Gasteiger partial charge in [-0.1, -0.05) is 15.9 Å². The first kappa shape index (κ1) is 25.3. The lowest BCUT2D eigenvalue weighted by Gasteiger charge is -2.13. The van der Waals surface area contributed by atoms with Gasteiger partial charge in [-0.05, 0) is 52.8 Å². The van der Waals surface area contributed by atoms with Crippen LogP contribution >= 0.6 is 44.1 Å². The van der Waals surface area contributed by atoms with E-state index in [4.69, 9.17) is 26.4 Å². The Kier molecular flexibility index (Phi) is 11.7. The molecule has 3 N–H and O–H groups in total. The van der Waals surface area contributed by atoms with Gasteiger partial charge in [0.2, 0.25) is 5.91 Å². The Morgan fingerprint density at radius 2 is 1.79 bits per heavy atom. The summed E-state index contributed by atoms with van der Waals surface area (Å²) >= 11 is 11.6. The van der Waals surface area contributed by atoms with Crippen molar-refractivity contribution in [3.63, 3.8) is 0 Å². The van der Waals surface area contributed by atoms with Crippen molar-refractivity contribution in [3.8, 4) is 5.75 Å². The zero-order chi connectivity index (χ0) is 21.8. The minimum atomic E-state index is -0.518. The number of hydrogen-bond acceptors (Lipinski definition) is 7. The van der Waals surface area contributed by atoms with Gasteiger partial charge < -0.3 is 19.5 Å². The molecule has 0 atom stereocenters. The molecule has 0 aliphatic rings. The van der Waals surface area contributed by atoms with Crippen LogP contribution in [0.25, 0.3) is 0 Å². The molecule has 0 saturated heterocycles. The molecule has 1 aromatic rings. The first-order valence-corrected chi connectivity index (χ1v) is 10.3. The van der Waals surface area contributed by atoms with Crippen molar-refractivity contribution in [2.75, 3.05) is 26.9 Å². The van der Waals surface area contributed by atoms with Crippen LogP contribution in [0.15, 0.2) is 21.1 Å².